The van der Waals surface area contributed by atoms with E-state index in [9.17, 15) is 18.0 Å². The van der Waals surface area contributed by atoms with E-state index in [0.29, 0.717) is 36.9 Å². The SMILES string of the molecule is O=C(CC1CCOCC1)N1CCc2ccc(Oc3ccc(C(F)(F)F)cc3)cc2C1. The van der Waals surface area contributed by atoms with E-state index >= 15 is 0 Å². The highest BCUT2D eigenvalue weighted by Gasteiger charge is 2.30. The minimum atomic E-state index is -4.37. The third-order valence-electron chi connectivity index (χ3n) is 5.76. The van der Waals surface area contributed by atoms with Crippen LogP contribution in [0.5, 0.6) is 11.5 Å². The van der Waals surface area contributed by atoms with Gasteiger partial charge in [-0.25, -0.2) is 0 Å². The number of fused-ring (bicyclic) bond motifs is 1. The van der Waals surface area contributed by atoms with Gasteiger partial charge in [0.15, 0.2) is 0 Å². The summed E-state index contributed by atoms with van der Waals surface area (Å²) in [7, 11) is 0. The first-order chi connectivity index (χ1) is 14.4. The first kappa shape index (κ1) is 20.7. The lowest BCUT2D eigenvalue weighted by atomic mass is 9.94. The molecule has 2 aromatic carbocycles. The van der Waals surface area contributed by atoms with Crippen LogP contribution >= 0.6 is 0 Å². The summed E-state index contributed by atoms with van der Waals surface area (Å²) in [5.74, 6) is 1.45. The molecule has 30 heavy (non-hydrogen) atoms. The predicted octanol–water partition coefficient (Wildman–Crippen LogP) is 5.20. The highest BCUT2D eigenvalue weighted by atomic mass is 19.4. The maximum absolute atomic E-state index is 12.7. The average Bonchev–Trinajstić information content (AvgIpc) is 2.74. The van der Waals surface area contributed by atoms with E-state index in [1.54, 1.807) is 0 Å². The number of benzene rings is 2. The molecule has 0 saturated carbocycles. The monoisotopic (exact) mass is 419 g/mol. The molecule has 160 valence electrons. The fraction of sp³-hybridized carbons (Fsp3) is 0.435. The van der Waals surface area contributed by atoms with Crippen molar-refractivity contribution < 1.29 is 27.4 Å². The molecule has 0 spiro atoms. The number of rotatable bonds is 4. The molecule has 0 aliphatic carbocycles. The number of halogens is 3. The predicted molar refractivity (Wildman–Crippen MR) is 105 cm³/mol. The Morgan fingerprint density at radius 2 is 1.73 bits per heavy atom. The third-order valence-corrected chi connectivity index (χ3v) is 5.76. The molecule has 0 radical (unpaired) electrons. The van der Waals surface area contributed by atoms with Gasteiger partial charge >= 0.3 is 6.18 Å². The second-order valence-electron chi connectivity index (χ2n) is 7.88. The normalized spacial score (nSPS) is 17.5. The van der Waals surface area contributed by atoms with Crippen LogP contribution in [0.25, 0.3) is 0 Å². The van der Waals surface area contributed by atoms with Gasteiger partial charge in [0.1, 0.15) is 11.5 Å². The standard InChI is InChI=1S/C23H24F3NO3/c24-23(25,26)19-2-5-20(6-3-19)30-21-4-1-17-7-10-27(15-18(17)14-21)22(28)13-16-8-11-29-12-9-16/h1-6,14,16H,7-13,15H2. The van der Waals surface area contributed by atoms with Gasteiger partial charge in [-0.1, -0.05) is 6.07 Å². The molecule has 7 heteroatoms. The van der Waals surface area contributed by atoms with E-state index in [1.165, 1.54) is 17.7 Å². The highest BCUT2D eigenvalue weighted by molar-refractivity contribution is 5.76. The summed E-state index contributed by atoms with van der Waals surface area (Å²) in [5, 5.41) is 0. The summed E-state index contributed by atoms with van der Waals surface area (Å²) >= 11 is 0. The summed E-state index contributed by atoms with van der Waals surface area (Å²) in [6.07, 6.45) is -1.16. The molecule has 0 atom stereocenters. The summed E-state index contributed by atoms with van der Waals surface area (Å²) in [6.45, 7) is 2.69. The molecule has 2 aliphatic rings. The maximum atomic E-state index is 12.7. The second-order valence-corrected chi connectivity index (χ2v) is 7.88. The fourth-order valence-electron chi connectivity index (χ4n) is 3.98. The largest absolute Gasteiger partial charge is 0.457 e. The van der Waals surface area contributed by atoms with E-state index in [2.05, 4.69) is 0 Å². The van der Waals surface area contributed by atoms with E-state index in [4.69, 9.17) is 9.47 Å². The number of nitrogens with zero attached hydrogens (tertiary/aromatic N) is 1. The second kappa shape index (κ2) is 8.68. The van der Waals surface area contributed by atoms with Gasteiger partial charge < -0.3 is 14.4 Å². The molecular formula is C23H24F3NO3. The Morgan fingerprint density at radius 3 is 2.43 bits per heavy atom. The van der Waals surface area contributed by atoms with Crippen LogP contribution in [0.15, 0.2) is 42.5 Å². The van der Waals surface area contributed by atoms with Gasteiger partial charge in [0.25, 0.3) is 0 Å². The van der Waals surface area contributed by atoms with Crippen molar-refractivity contribution in [3.8, 4) is 11.5 Å². The van der Waals surface area contributed by atoms with Crippen molar-refractivity contribution in [2.45, 2.75) is 38.4 Å². The Bertz CT molecular complexity index is 890. The Kier molecular flexibility index (Phi) is 5.99. The van der Waals surface area contributed by atoms with Gasteiger partial charge in [-0.15, -0.1) is 0 Å². The van der Waals surface area contributed by atoms with Gasteiger partial charge in [-0.2, -0.15) is 13.2 Å². The molecule has 2 heterocycles. The van der Waals surface area contributed by atoms with Crippen LogP contribution in [0.1, 0.15) is 36.0 Å². The van der Waals surface area contributed by atoms with Crippen molar-refractivity contribution in [3.63, 3.8) is 0 Å². The van der Waals surface area contributed by atoms with E-state index < -0.39 is 11.7 Å². The average molecular weight is 419 g/mol. The van der Waals surface area contributed by atoms with E-state index in [0.717, 1.165) is 50.2 Å². The van der Waals surface area contributed by atoms with Crippen LogP contribution in [0.2, 0.25) is 0 Å². The van der Waals surface area contributed by atoms with Crippen LogP contribution < -0.4 is 4.74 Å². The smallest absolute Gasteiger partial charge is 0.416 e. The van der Waals surface area contributed by atoms with Crippen molar-refractivity contribution >= 4 is 5.91 Å². The molecule has 0 aromatic heterocycles. The molecule has 0 N–H and O–H groups in total. The van der Waals surface area contributed by atoms with Crippen molar-refractivity contribution in [3.05, 3.63) is 59.2 Å². The molecule has 4 rings (SSSR count). The van der Waals surface area contributed by atoms with Crippen molar-refractivity contribution in [2.24, 2.45) is 5.92 Å². The van der Waals surface area contributed by atoms with Crippen molar-refractivity contribution in [1.29, 1.82) is 0 Å². The zero-order valence-electron chi connectivity index (χ0n) is 16.6. The molecule has 2 aliphatic heterocycles. The maximum Gasteiger partial charge on any atom is 0.416 e. The zero-order valence-corrected chi connectivity index (χ0v) is 16.6. The first-order valence-electron chi connectivity index (χ1n) is 10.2. The highest BCUT2D eigenvalue weighted by Crippen LogP contribution is 2.32. The van der Waals surface area contributed by atoms with Crippen LogP contribution in [0.4, 0.5) is 13.2 Å². The number of hydrogen-bond acceptors (Lipinski definition) is 3. The van der Waals surface area contributed by atoms with E-state index in [-0.39, 0.29) is 5.91 Å². The number of hydrogen-bond donors (Lipinski definition) is 0. The summed E-state index contributed by atoms with van der Waals surface area (Å²) in [5.41, 5.74) is 1.48. The zero-order chi connectivity index (χ0) is 21.1. The van der Waals surface area contributed by atoms with Gasteiger partial charge in [-0.3, -0.25) is 4.79 Å². The third kappa shape index (κ3) is 4.95. The van der Waals surface area contributed by atoms with Crippen molar-refractivity contribution in [2.75, 3.05) is 19.8 Å². The Labute approximate surface area is 173 Å². The Morgan fingerprint density at radius 1 is 1.03 bits per heavy atom. The topological polar surface area (TPSA) is 38.8 Å². The number of amides is 1. The summed E-state index contributed by atoms with van der Waals surface area (Å²) in [6, 6.07) is 10.3. The van der Waals surface area contributed by atoms with Crippen LogP contribution in [0.3, 0.4) is 0 Å². The van der Waals surface area contributed by atoms with Crippen LogP contribution in [0, 0.1) is 5.92 Å². The van der Waals surface area contributed by atoms with E-state index in [1.807, 2.05) is 23.1 Å². The van der Waals surface area contributed by atoms with Gasteiger partial charge in [0.05, 0.1) is 5.56 Å². The summed E-state index contributed by atoms with van der Waals surface area (Å²) in [4.78, 5) is 14.6. The van der Waals surface area contributed by atoms with Gasteiger partial charge in [0.2, 0.25) is 5.91 Å². The number of alkyl halides is 3. The molecule has 1 saturated heterocycles. The van der Waals surface area contributed by atoms with Crippen LogP contribution in [-0.4, -0.2) is 30.6 Å². The van der Waals surface area contributed by atoms with Gasteiger partial charge in [0, 0.05) is 32.7 Å². The molecule has 0 unspecified atom stereocenters. The Hall–Kier alpha value is -2.54. The lowest BCUT2D eigenvalue weighted by molar-refractivity contribution is -0.137. The molecule has 4 nitrogen and oxygen atoms in total. The van der Waals surface area contributed by atoms with Gasteiger partial charge in [-0.05, 0) is 72.7 Å². The lowest BCUT2D eigenvalue weighted by Gasteiger charge is -2.31. The molecular weight excluding hydrogens is 395 g/mol. The van der Waals surface area contributed by atoms with Crippen molar-refractivity contribution in [1.82, 2.24) is 4.90 Å². The summed E-state index contributed by atoms with van der Waals surface area (Å²) < 4.78 is 49.2. The lowest BCUT2D eigenvalue weighted by Crippen LogP contribution is -2.37. The fourth-order valence-corrected chi connectivity index (χ4v) is 3.98. The minimum Gasteiger partial charge on any atom is -0.457 e. The first-order valence-corrected chi connectivity index (χ1v) is 10.2. The molecule has 0 bridgehead atoms. The molecule has 2 aromatic rings. The number of ether oxygens (including phenoxy) is 2. The number of carbonyl (C=O) groups excluding carboxylic acids is 1. The minimum absolute atomic E-state index is 0.168. The Balaban J connectivity index is 1.40. The number of carbonyl (C=O) groups is 1. The van der Waals surface area contributed by atoms with Crippen LogP contribution in [-0.2, 0) is 28.7 Å². The molecule has 1 fully saturated rings. The molecule has 1 amide bonds. The quantitative estimate of drug-likeness (QED) is 0.684.